The fourth-order valence-corrected chi connectivity index (χ4v) is 5.08. The number of aliphatic imine (C=N–C) groups is 1. The molecular weight excluding hydrogens is 483 g/mol. The van der Waals surface area contributed by atoms with Crippen molar-refractivity contribution in [1.82, 2.24) is 20.5 Å². The minimum absolute atomic E-state index is 0. The molecule has 1 aliphatic carbocycles. The fourth-order valence-electron chi connectivity index (χ4n) is 4.19. The number of likely N-dealkylation sites (tertiary alicyclic amines) is 1. The molecule has 3 N–H and O–H groups in total. The number of para-hydroxylation sites is 1. The van der Waals surface area contributed by atoms with Crippen LogP contribution in [-0.2, 0) is 0 Å². The van der Waals surface area contributed by atoms with E-state index in [1.165, 1.54) is 43.3 Å². The Balaban J connectivity index is 0.00000225. The molecule has 2 aliphatic rings. The maximum absolute atomic E-state index is 4.61. The van der Waals surface area contributed by atoms with Gasteiger partial charge in [-0.2, -0.15) is 0 Å². The van der Waals surface area contributed by atoms with Gasteiger partial charge in [0.15, 0.2) is 11.1 Å². The second kappa shape index (κ2) is 10.6. The second-order valence-electron chi connectivity index (χ2n) is 7.48. The zero-order valence-corrected chi connectivity index (χ0v) is 19.6. The first-order valence-electron chi connectivity index (χ1n) is 10.1. The molecule has 2 fully saturated rings. The van der Waals surface area contributed by atoms with Crippen LogP contribution in [0.1, 0.15) is 32.1 Å². The number of nitrogens with one attached hydrogen (secondary N) is 3. The van der Waals surface area contributed by atoms with E-state index in [4.69, 9.17) is 0 Å². The third kappa shape index (κ3) is 5.48. The Hall–Kier alpha value is -1.13. The highest BCUT2D eigenvalue weighted by Gasteiger charge is 2.30. The van der Waals surface area contributed by atoms with Gasteiger partial charge in [0.25, 0.3) is 0 Å². The van der Waals surface area contributed by atoms with Gasteiger partial charge in [0.05, 0.1) is 10.2 Å². The highest BCUT2D eigenvalue weighted by atomic mass is 127. The van der Waals surface area contributed by atoms with Gasteiger partial charge in [-0.3, -0.25) is 9.89 Å². The molecule has 1 aromatic carbocycles. The number of hydrogen-bond donors (Lipinski definition) is 3. The summed E-state index contributed by atoms with van der Waals surface area (Å²) in [5.41, 5.74) is 1.06. The van der Waals surface area contributed by atoms with Gasteiger partial charge in [-0.15, -0.1) is 24.0 Å². The van der Waals surface area contributed by atoms with Gasteiger partial charge in [0.1, 0.15) is 0 Å². The Morgan fingerprint density at radius 2 is 2.04 bits per heavy atom. The Morgan fingerprint density at radius 3 is 2.82 bits per heavy atom. The summed E-state index contributed by atoms with van der Waals surface area (Å²) >= 11 is 1.70. The van der Waals surface area contributed by atoms with E-state index in [-0.39, 0.29) is 24.0 Å². The summed E-state index contributed by atoms with van der Waals surface area (Å²) in [7, 11) is 1.85. The van der Waals surface area contributed by atoms with Gasteiger partial charge in [0.2, 0.25) is 0 Å². The number of nitrogens with zero attached hydrogens (tertiary/aromatic N) is 3. The first-order chi connectivity index (χ1) is 13.3. The van der Waals surface area contributed by atoms with Gasteiger partial charge in [-0.25, -0.2) is 4.98 Å². The van der Waals surface area contributed by atoms with E-state index in [1.54, 1.807) is 11.3 Å². The van der Waals surface area contributed by atoms with Crippen molar-refractivity contribution in [3.8, 4) is 0 Å². The lowest BCUT2D eigenvalue weighted by Crippen LogP contribution is -2.46. The summed E-state index contributed by atoms with van der Waals surface area (Å²) in [6.45, 7) is 4.00. The molecule has 1 unspecified atom stereocenters. The van der Waals surface area contributed by atoms with Gasteiger partial charge in [-0.1, -0.05) is 36.3 Å². The lowest BCUT2D eigenvalue weighted by atomic mass is 10.2. The molecule has 1 saturated heterocycles. The molecule has 0 radical (unpaired) electrons. The van der Waals surface area contributed by atoms with Crippen LogP contribution >= 0.6 is 35.3 Å². The number of thiazole rings is 1. The topological polar surface area (TPSA) is 64.6 Å². The Bertz CT molecular complexity index is 740. The molecule has 154 valence electrons. The average Bonchev–Trinajstić information content (AvgIpc) is 3.44. The Labute approximate surface area is 188 Å². The van der Waals surface area contributed by atoms with Crippen molar-refractivity contribution in [3.05, 3.63) is 24.3 Å². The number of rotatable bonds is 6. The van der Waals surface area contributed by atoms with Crippen molar-refractivity contribution in [2.24, 2.45) is 4.99 Å². The van der Waals surface area contributed by atoms with Crippen LogP contribution in [0, 0.1) is 0 Å². The smallest absolute Gasteiger partial charge is 0.191 e. The van der Waals surface area contributed by atoms with Crippen molar-refractivity contribution >= 4 is 56.6 Å². The second-order valence-corrected chi connectivity index (χ2v) is 8.51. The molecule has 1 atom stereocenters. The standard InChI is InChI=1S/C20H30N6S.HI/c1-21-19(24-15-10-13-26(14-15)16-6-2-3-7-16)22-11-12-23-20-25-17-8-4-5-9-18(17)27-20;/h4-5,8-9,15-16H,2-3,6-7,10-14H2,1H3,(H,23,25)(H2,21,22,24);1H. The SMILES string of the molecule is CN=C(NCCNc1nc2ccccc2s1)NC1CCN(C2CCCC2)C1.I. The van der Waals surface area contributed by atoms with Crippen molar-refractivity contribution < 1.29 is 0 Å². The highest BCUT2D eigenvalue weighted by Crippen LogP contribution is 2.26. The van der Waals surface area contributed by atoms with Crippen LogP contribution in [0.5, 0.6) is 0 Å². The van der Waals surface area contributed by atoms with Gasteiger partial charge >= 0.3 is 0 Å². The molecule has 1 aliphatic heterocycles. The summed E-state index contributed by atoms with van der Waals surface area (Å²) < 4.78 is 1.22. The van der Waals surface area contributed by atoms with Crippen LogP contribution in [0.25, 0.3) is 10.2 Å². The Kier molecular flexibility index (Phi) is 8.16. The predicted octanol–water partition coefficient (Wildman–Crippen LogP) is 3.51. The van der Waals surface area contributed by atoms with Gasteiger partial charge in [-0.05, 0) is 31.4 Å². The van der Waals surface area contributed by atoms with E-state index < -0.39 is 0 Å². The number of hydrogen-bond acceptors (Lipinski definition) is 5. The zero-order chi connectivity index (χ0) is 18.5. The minimum atomic E-state index is 0. The maximum atomic E-state index is 4.61. The Morgan fingerprint density at radius 1 is 1.21 bits per heavy atom. The number of halogens is 1. The van der Waals surface area contributed by atoms with E-state index in [0.717, 1.165) is 42.3 Å². The summed E-state index contributed by atoms with van der Waals surface area (Å²) in [6, 6.07) is 9.58. The molecular formula is C20H31IN6S. The van der Waals surface area contributed by atoms with Crippen LogP contribution in [0.4, 0.5) is 5.13 Å². The van der Waals surface area contributed by atoms with E-state index in [9.17, 15) is 0 Å². The molecule has 0 spiro atoms. The number of benzene rings is 1. The van der Waals surface area contributed by atoms with Crippen molar-refractivity contribution in [1.29, 1.82) is 0 Å². The van der Waals surface area contributed by atoms with Crippen LogP contribution in [0.15, 0.2) is 29.3 Å². The quantitative estimate of drug-likeness (QED) is 0.239. The zero-order valence-electron chi connectivity index (χ0n) is 16.5. The predicted molar refractivity (Wildman–Crippen MR) is 130 cm³/mol. The normalized spacial score (nSPS) is 21.0. The molecule has 28 heavy (non-hydrogen) atoms. The molecule has 0 bridgehead atoms. The van der Waals surface area contributed by atoms with E-state index in [0.29, 0.717) is 6.04 Å². The van der Waals surface area contributed by atoms with Crippen LogP contribution in [0.2, 0.25) is 0 Å². The first-order valence-corrected chi connectivity index (χ1v) is 10.9. The van der Waals surface area contributed by atoms with Gasteiger partial charge in [0, 0.05) is 45.3 Å². The maximum Gasteiger partial charge on any atom is 0.191 e. The van der Waals surface area contributed by atoms with Gasteiger partial charge < -0.3 is 16.0 Å². The van der Waals surface area contributed by atoms with Crippen LogP contribution in [-0.4, -0.2) is 61.2 Å². The third-order valence-corrected chi connectivity index (χ3v) is 6.61. The summed E-state index contributed by atoms with van der Waals surface area (Å²) in [6.07, 6.45) is 6.80. The lowest BCUT2D eigenvalue weighted by molar-refractivity contribution is 0.242. The van der Waals surface area contributed by atoms with E-state index >= 15 is 0 Å². The third-order valence-electron chi connectivity index (χ3n) is 5.61. The average molecular weight is 514 g/mol. The first kappa shape index (κ1) is 21.6. The highest BCUT2D eigenvalue weighted by molar-refractivity contribution is 14.0. The molecule has 2 aromatic rings. The number of aromatic nitrogens is 1. The minimum Gasteiger partial charge on any atom is -0.360 e. The summed E-state index contributed by atoms with van der Waals surface area (Å²) in [5.74, 6) is 0.902. The molecule has 0 amide bonds. The van der Waals surface area contributed by atoms with Crippen molar-refractivity contribution in [2.45, 2.75) is 44.2 Å². The van der Waals surface area contributed by atoms with Crippen molar-refractivity contribution in [3.63, 3.8) is 0 Å². The van der Waals surface area contributed by atoms with Crippen LogP contribution < -0.4 is 16.0 Å². The van der Waals surface area contributed by atoms with E-state index in [1.807, 2.05) is 13.1 Å². The van der Waals surface area contributed by atoms with E-state index in [2.05, 4.69) is 49.0 Å². The number of anilines is 1. The molecule has 6 nitrogen and oxygen atoms in total. The lowest BCUT2D eigenvalue weighted by Gasteiger charge is -2.24. The van der Waals surface area contributed by atoms with Crippen LogP contribution in [0.3, 0.4) is 0 Å². The number of guanidine groups is 1. The molecule has 1 saturated carbocycles. The monoisotopic (exact) mass is 514 g/mol. The fraction of sp³-hybridized carbons (Fsp3) is 0.600. The summed E-state index contributed by atoms with van der Waals surface area (Å²) in [4.78, 5) is 11.7. The molecule has 2 heterocycles. The summed E-state index contributed by atoms with van der Waals surface area (Å²) in [5, 5.41) is 11.4. The largest absolute Gasteiger partial charge is 0.360 e. The molecule has 1 aromatic heterocycles. The number of fused-ring (bicyclic) bond motifs is 1. The molecule has 4 rings (SSSR count). The van der Waals surface area contributed by atoms with Crippen molar-refractivity contribution in [2.75, 3.05) is 38.5 Å². The molecule has 8 heteroatoms.